The van der Waals surface area contributed by atoms with E-state index in [4.69, 9.17) is 17.3 Å². The maximum atomic E-state index is 13.5. The van der Waals surface area contributed by atoms with E-state index in [1.807, 2.05) is 11.4 Å². The molecule has 2 rings (SSSR count). The van der Waals surface area contributed by atoms with Gasteiger partial charge in [0.05, 0.1) is 11.1 Å². The Balaban J connectivity index is 2.45. The maximum Gasteiger partial charge on any atom is 0.129 e. The standard InChI is InChI=1S/C13H13ClFNS/c1-7-5-9(6-8(2)11(7)15)12(16)13-10(14)3-4-17-13/h3-6,12H,16H2,1-2H3. The minimum Gasteiger partial charge on any atom is -0.320 e. The van der Waals surface area contributed by atoms with Crippen molar-refractivity contribution in [1.82, 2.24) is 0 Å². The second-order valence-corrected chi connectivity index (χ2v) is 5.43. The van der Waals surface area contributed by atoms with Gasteiger partial charge in [-0.05, 0) is 42.0 Å². The predicted molar refractivity (Wildman–Crippen MR) is 71.2 cm³/mol. The van der Waals surface area contributed by atoms with Crippen molar-refractivity contribution in [2.75, 3.05) is 0 Å². The van der Waals surface area contributed by atoms with Crippen LogP contribution in [0.5, 0.6) is 0 Å². The Morgan fingerprint density at radius 3 is 2.35 bits per heavy atom. The smallest absolute Gasteiger partial charge is 0.129 e. The summed E-state index contributed by atoms with van der Waals surface area (Å²) in [6.45, 7) is 3.49. The summed E-state index contributed by atoms with van der Waals surface area (Å²) in [5, 5.41) is 2.57. The lowest BCUT2D eigenvalue weighted by molar-refractivity contribution is 0.607. The lowest BCUT2D eigenvalue weighted by Gasteiger charge is -2.13. The zero-order chi connectivity index (χ0) is 12.6. The van der Waals surface area contributed by atoms with Crippen LogP contribution in [-0.4, -0.2) is 0 Å². The summed E-state index contributed by atoms with van der Waals surface area (Å²) in [7, 11) is 0. The average molecular weight is 270 g/mol. The third-order valence-electron chi connectivity index (χ3n) is 2.75. The summed E-state index contributed by atoms with van der Waals surface area (Å²) in [6, 6.07) is 5.09. The van der Waals surface area contributed by atoms with E-state index in [0.717, 1.165) is 10.4 Å². The number of aryl methyl sites for hydroxylation is 2. The molecular weight excluding hydrogens is 257 g/mol. The number of rotatable bonds is 2. The van der Waals surface area contributed by atoms with E-state index in [1.54, 1.807) is 26.0 Å². The van der Waals surface area contributed by atoms with Crippen molar-refractivity contribution in [2.24, 2.45) is 5.73 Å². The van der Waals surface area contributed by atoms with Gasteiger partial charge >= 0.3 is 0 Å². The Bertz CT molecular complexity index is 527. The highest BCUT2D eigenvalue weighted by Gasteiger charge is 2.16. The van der Waals surface area contributed by atoms with Crippen LogP contribution in [0.15, 0.2) is 23.6 Å². The first-order chi connectivity index (χ1) is 8.00. The van der Waals surface area contributed by atoms with Crippen LogP contribution in [0.3, 0.4) is 0 Å². The van der Waals surface area contributed by atoms with E-state index in [-0.39, 0.29) is 11.9 Å². The Hall–Kier alpha value is -0.900. The van der Waals surface area contributed by atoms with Gasteiger partial charge in [-0.3, -0.25) is 0 Å². The zero-order valence-electron chi connectivity index (χ0n) is 9.63. The number of halogens is 2. The van der Waals surface area contributed by atoms with Crippen LogP contribution < -0.4 is 5.73 Å². The number of benzene rings is 1. The number of nitrogens with two attached hydrogens (primary N) is 1. The molecule has 0 aliphatic carbocycles. The number of hydrogen-bond donors (Lipinski definition) is 1. The van der Waals surface area contributed by atoms with Gasteiger partial charge in [-0.25, -0.2) is 4.39 Å². The summed E-state index contributed by atoms with van der Waals surface area (Å²) in [6.07, 6.45) is 0. The first-order valence-electron chi connectivity index (χ1n) is 5.26. The first-order valence-corrected chi connectivity index (χ1v) is 6.51. The average Bonchev–Trinajstić information content (AvgIpc) is 2.70. The molecule has 1 aromatic heterocycles. The van der Waals surface area contributed by atoms with Crippen LogP contribution in [0.1, 0.15) is 27.6 Å². The van der Waals surface area contributed by atoms with Gasteiger partial charge in [0.1, 0.15) is 5.82 Å². The molecule has 1 heterocycles. The van der Waals surface area contributed by atoms with Crippen LogP contribution in [0.2, 0.25) is 5.02 Å². The largest absolute Gasteiger partial charge is 0.320 e. The van der Waals surface area contributed by atoms with E-state index < -0.39 is 0 Å². The molecule has 0 saturated carbocycles. The molecule has 0 radical (unpaired) electrons. The monoisotopic (exact) mass is 269 g/mol. The van der Waals surface area contributed by atoms with Gasteiger partial charge in [0, 0.05) is 4.88 Å². The van der Waals surface area contributed by atoms with Crippen molar-refractivity contribution in [3.63, 3.8) is 0 Å². The number of hydrogen-bond acceptors (Lipinski definition) is 2. The van der Waals surface area contributed by atoms with E-state index in [0.29, 0.717) is 16.1 Å². The molecule has 0 spiro atoms. The van der Waals surface area contributed by atoms with Gasteiger partial charge in [0.2, 0.25) is 0 Å². The van der Waals surface area contributed by atoms with Crippen molar-refractivity contribution in [1.29, 1.82) is 0 Å². The van der Waals surface area contributed by atoms with Crippen molar-refractivity contribution in [2.45, 2.75) is 19.9 Å². The molecule has 2 N–H and O–H groups in total. The number of thiophene rings is 1. The molecule has 1 aromatic carbocycles. The topological polar surface area (TPSA) is 26.0 Å². The lowest BCUT2D eigenvalue weighted by atomic mass is 10.0. The van der Waals surface area contributed by atoms with Gasteiger partial charge in [-0.2, -0.15) is 0 Å². The molecule has 0 fully saturated rings. The predicted octanol–water partition coefficient (Wildman–Crippen LogP) is 4.21. The van der Waals surface area contributed by atoms with Gasteiger partial charge in [0.15, 0.2) is 0 Å². The summed E-state index contributed by atoms with van der Waals surface area (Å²) < 4.78 is 13.5. The van der Waals surface area contributed by atoms with Crippen molar-refractivity contribution in [3.8, 4) is 0 Å². The zero-order valence-corrected chi connectivity index (χ0v) is 11.2. The van der Waals surface area contributed by atoms with E-state index >= 15 is 0 Å². The van der Waals surface area contributed by atoms with Gasteiger partial charge < -0.3 is 5.73 Å². The van der Waals surface area contributed by atoms with E-state index in [1.165, 1.54) is 11.3 Å². The second-order valence-electron chi connectivity index (χ2n) is 4.08. The molecule has 2 aromatic rings. The third-order valence-corrected chi connectivity index (χ3v) is 4.19. The van der Waals surface area contributed by atoms with Crippen molar-refractivity contribution >= 4 is 22.9 Å². The molecule has 0 amide bonds. The minimum absolute atomic E-state index is 0.168. The molecule has 17 heavy (non-hydrogen) atoms. The van der Waals surface area contributed by atoms with Crippen LogP contribution in [0, 0.1) is 19.7 Å². The van der Waals surface area contributed by atoms with Gasteiger partial charge in [-0.1, -0.05) is 23.7 Å². The fourth-order valence-electron chi connectivity index (χ4n) is 1.84. The molecule has 1 nitrogen and oxygen atoms in total. The highest BCUT2D eigenvalue weighted by Crippen LogP contribution is 2.32. The quantitative estimate of drug-likeness (QED) is 0.869. The molecular formula is C13H13ClFNS. The van der Waals surface area contributed by atoms with Crippen molar-refractivity contribution < 1.29 is 4.39 Å². The summed E-state index contributed by atoms with van der Waals surface area (Å²) in [5.74, 6) is -0.168. The fraction of sp³-hybridized carbons (Fsp3) is 0.231. The normalized spacial score (nSPS) is 12.8. The summed E-state index contributed by atoms with van der Waals surface area (Å²) in [4.78, 5) is 0.914. The highest BCUT2D eigenvalue weighted by atomic mass is 35.5. The SMILES string of the molecule is Cc1cc(C(N)c2sccc2Cl)cc(C)c1F. The van der Waals surface area contributed by atoms with Crippen molar-refractivity contribution in [3.05, 3.63) is 56.0 Å². The highest BCUT2D eigenvalue weighted by molar-refractivity contribution is 7.10. The Kier molecular flexibility index (Phi) is 3.52. The van der Waals surface area contributed by atoms with Gasteiger partial charge in [-0.15, -0.1) is 11.3 Å². The molecule has 0 aliphatic heterocycles. The second kappa shape index (κ2) is 4.77. The van der Waals surface area contributed by atoms with Gasteiger partial charge in [0.25, 0.3) is 0 Å². The minimum atomic E-state index is -0.291. The van der Waals surface area contributed by atoms with E-state index in [2.05, 4.69) is 0 Å². The molecule has 0 bridgehead atoms. The first kappa shape index (κ1) is 12.6. The molecule has 1 unspecified atom stereocenters. The van der Waals surface area contributed by atoms with Crippen LogP contribution in [-0.2, 0) is 0 Å². The van der Waals surface area contributed by atoms with E-state index in [9.17, 15) is 4.39 Å². The molecule has 90 valence electrons. The van der Waals surface area contributed by atoms with Crippen LogP contribution >= 0.6 is 22.9 Å². The molecule has 0 saturated heterocycles. The molecule has 0 aliphatic rings. The lowest BCUT2D eigenvalue weighted by Crippen LogP contribution is -2.11. The van der Waals surface area contributed by atoms with Crippen LogP contribution in [0.25, 0.3) is 0 Å². The fourth-order valence-corrected chi connectivity index (χ4v) is 3.04. The Morgan fingerprint density at radius 1 is 1.29 bits per heavy atom. The van der Waals surface area contributed by atoms with Crippen LogP contribution in [0.4, 0.5) is 4.39 Å². The molecule has 4 heteroatoms. The molecule has 1 atom stereocenters. The summed E-state index contributed by atoms with van der Waals surface area (Å²) >= 11 is 7.57. The maximum absolute atomic E-state index is 13.5. The summed E-state index contributed by atoms with van der Waals surface area (Å²) in [5.41, 5.74) is 8.28. The third kappa shape index (κ3) is 2.37. The Morgan fingerprint density at radius 2 is 1.88 bits per heavy atom. The Labute approximate surface area is 109 Å².